The molecule has 1 heterocycles. The van der Waals surface area contributed by atoms with Crippen molar-refractivity contribution >= 4 is 16.9 Å². The summed E-state index contributed by atoms with van der Waals surface area (Å²) in [7, 11) is 0. The fraction of sp³-hybridized carbons (Fsp3) is 0.333. The Bertz CT molecular complexity index is 741. The molecule has 1 aromatic carbocycles. The summed E-state index contributed by atoms with van der Waals surface area (Å²) in [6.45, 7) is 6.53. The number of hydrogen-bond donors (Lipinski definition) is 1. The minimum Gasteiger partial charge on any atom is -0.477 e. The lowest BCUT2D eigenvalue weighted by Crippen LogP contribution is -2.23. The SMILES string of the molecule is CC(C)(C)Cn1cc(C(=O)O)c(=O)c2cc(F)ccc21. The second-order valence-electron chi connectivity index (χ2n) is 6.03. The second-order valence-corrected chi connectivity index (χ2v) is 6.03. The van der Waals surface area contributed by atoms with E-state index in [1.165, 1.54) is 18.3 Å². The van der Waals surface area contributed by atoms with E-state index in [-0.39, 0.29) is 16.4 Å². The molecule has 20 heavy (non-hydrogen) atoms. The van der Waals surface area contributed by atoms with Crippen LogP contribution in [-0.2, 0) is 6.54 Å². The molecule has 1 aromatic heterocycles. The maximum Gasteiger partial charge on any atom is 0.341 e. The molecule has 0 amide bonds. The van der Waals surface area contributed by atoms with E-state index in [1.54, 1.807) is 4.57 Å². The summed E-state index contributed by atoms with van der Waals surface area (Å²) in [5.74, 6) is -1.86. The molecule has 0 radical (unpaired) electrons. The Morgan fingerprint density at radius 2 is 2.00 bits per heavy atom. The molecule has 0 fully saturated rings. The monoisotopic (exact) mass is 277 g/mol. The summed E-state index contributed by atoms with van der Waals surface area (Å²) >= 11 is 0. The van der Waals surface area contributed by atoms with Gasteiger partial charge in [0.2, 0.25) is 5.43 Å². The molecule has 2 rings (SSSR count). The average Bonchev–Trinajstić information content (AvgIpc) is 2.30. The summed E-state index contributed by atoms with van der Waals surface area (Å²) in [4.78, 5) is 23.2. The number of nitrogens with zero attached hydrogens (tertiary/aromatic N) is 1. The summed E-state index contributed by atoms with van der Waals surface area (Å²) in [5, 5.41) is 9.20. The van der Waals surface area contributed by atoms with Crippen molar-refractivity contribution in [3.8, 4) is 0 Å². The second kappa shape index (κ2) is 4.74. The Hall–Kier alpha value is -2.17. The summed E-state index contributed by atoms with van der Waals surface area (Å²) < 4.78 is 15.0. The van der Waals surface area contributed by atoms with Gasteiger partial charge >= 0.3 is 5.97 Å². The molecule has 106 valence electrons. The quantitative estimate of drug-likeness (QED) is 0.918. The number of halogens is 1. The highest BCUT2D eigenvalue weighted by molar-refractivity contribution is 5.92. The van der Waals surface area contributed by atoms with E-state index in [9.17, 15) is 14.0 Å². The molecule has 0 bridgehead atoms. The van der Waals surface area contributed by atoms with Crippen LogP contribution in [0, 0.1) is 11.2 Å². The lowest BCUT2D eigenvalue weighted by atomic mass is 9.96. The predicted octanol–water partition coefficient (Wildman–Crippen LogP) is 2.88. The van der Waals surface area contributed by atoms with Crippen molar-refractivity contribution in [1.29, 1.82) is 0 Å². The fourth-order valence-electron chi connectivity index (χ4n) is 2.16. The van der Waals surface area contributed by atoms with Gasteiger partial charge in [-0.05, 0) is 23.6 Å². The normalized spacial score (nSPS) is 11.8. The third-order valence-electron chi connectivity index (χ3n) is 2.92. The van der Waals surface area contributed by atoms with Gasteiger partial charge in [0.05, 0.1) is 5.52 Å². The van der Waals surface area contributed by atoms with E-state index in [2.05, 4.69) is 0 Å². The van der Waals surface area contributed by atoms with Crippen LogP contribution in [0.15, 0.2) is 29.2 Å². The summed E-state index contributed by atoms with van der Waals surface area (Å²) in [6.07, 6.45) is 1.33. The molecule has 0 saturated carbocycles. The van der Waals surface area contributed by atoms with E-state index < -0.39 is 17.2 Å². The zero-order valence-electron chi connectivity index (χ0n) is 11.6. The van der Waals surface area contributed by atoms with Crippen molar-refractivity contribution in [3.05, 3.63) is 46.0 Å². The molecule has 4 nitrogen and oxygen atoms in total. The largest absolute Gasteiger partial charge is 0.477 e. The molecule has 1 N–H and O–H groups in total. The molecule has 0 aliphatic carbocycles. The number of aromatic carboxylic acids is 1. The number of fused-ring (bicyclic) bond motifs is 1. The molecule has 0 unspecified atom stereocenters. The van der Waals surface area contributed by atoms with E-state index >= 15 is 0 Å². The molecule has 0 aliphatic rings. The minimum atomic E-state index is -1.30. The van der Waals surface area contributed by atoms with Gasteiger partial charge in [-0.1, -0.05) is 20.8 Å². The smallest absolute Gasteiger partial charge is 0.341 e. The Balaban J connectivity index is 2.83. The van der Waals surface area contributed by atoms with Gasteiger partial charge in [-0.2, -0.15) is 0 Å². The zero-order valence-corrected chi connectivity index (χ0v) is 11.6. The zero-order chi connectivity index (χ0) is 15.1. The van der Waals surface area contributed by atoms with Crippen LogP contribution >= 0.6 is 0 Å². The topological polar surface area (TPSA) is 59.3 Å². The van der Waals surface area contributed by atoms with Crippen LogP contribution in [0.5, 0.6) is 0 Å². The molecule has 0 aliphatic heterocycles. The first-order valence-corrected chi connectivity index (χ1v) is 6.25. The fourth-order valence-corrected chi connectivity index (χ4v) is 2.16. The first-order chi connectivity index (χ1) is 9.19. The number of hydrogen-bond acceptors (Lipinski definition) is 2. The van der Waals surface area contributed by atoms with Gasteiger partial charge < -0.3 is 9.67 Å². The van der Waals surface area contributed by atoms with Crippen LogP contribution in [-0.4, -0.2) is 15.6 Å². The standard InChI is InChI=1S/C15H16FNO3/c1-15(2,3)8-17-7-11(14(19)20)13(18)10-6-9(16)4-5-12(10)17/h4-7H,8H2,1-3H3,(H,19,20). The molecular weight excluding hydrogens is 261 g/mol. The third-order valence-corrected chi connectivity index (χ3v) is 2.92. The number of benzene rings is 1. The van der Waals surface area contributed by atoms with Crippen molar-refractivity contribution in [1.82, 2.24) is 4.57 Å². The van der Waals surface area contributed by atoms with Crippen molar-refractivity contribution < 1.29 is 14.3 Å². The van der Waals surface area contributed by atoms with Crippen LogP contribution < -0.4 is 5.43 Å². The van der Waals surface area contributed by atoms with Crippen molar-refractivity contribution in [2.75, 3.05) is 0 Å². The highest BCUT2D eigenvalue weighted by atomic mass is 19.1. The van der Waals surface area contributed by atoms with Crippen LogP contribution in [0.2, 0.25) is 0 Å². The molecule has 2 aromatic rings. The van der Waals surface area contributed by atoms with Crippen LogP contribution in [0.3, 0.4) is 0 Å². The molecule has 0 spiro atoms. The predicted molar refractivity (Wildman–Crippen MR) is 74.6 cm³/mol. The van der Waals surface area contributed by atoms with E-state index in [0.29, 0.717) is 12.1 Å². The number of carboxylic acid groups (broad SMARTS) is 1. The summed E-state index contributed by atoms with van der Waals surface area (Å²) in [6, 6.07) is 3.86. The van der Waals surface area contributed by atoms with Crippen molar-refractivity contribution in [2.45, 2.75) is 27.3 Å². The van der Waals surface area contributed by atoms with Crippen LogP contribution in [0.25, 0.3) is 10.9 Å². The van der Waals surface area contributed by atoms with Crippen LogP contribution in [0.1, 0.15) is 31.1 Å². The Morgan fingerprint density at radius 1 is 1.35 bits per heavy atom. The van der Waals surface area contributed by atoms with Gasteiger partial charge in [-0.3, -0.25) is 4.79 Å². The lowest BCUT2D eigenvalue weighted by molar-refractivity contribution is 0.0694. The Labute approximate surface area is 115 Å². The summed E-state index contributed by atoms with van der Waals surface area (Å²) in [5.41, 5.74) is -0.563. The Kier molecular flexibility index (Phi) is 3.38. The molecule has 0 atom stereocenters. The molecule has 5 heteroatoms. The van der Waals surface area contributed by atoms with Crippen LogP contribution in [0.4, 0.5) is 4.39 Å². The number of carboxylic acids is 1. The highest BCUT2D eigenvalue weighted by Gasteiger charge is 2.18. The average molecular weight is 277 g/mol. The maximum absolute atomic E-state index is 13.3. The van der Waals surface area contributed by atoms with E-state index in [4.69, 9.17) is 5.11 Å². The third kappa shape index (κ3) is 2.71. The first kappa shape index (κ1) is 14.2. The number of carbonyl (C=O) groups is 1. The molecular formula is C15H16FNO3. The van der Waals surface area contributed by atoms with Gasteiger partial charge in [0.15, 0.2) is 0 Å². The van der Waals surface area contributed by atoms with Crippen molar-refractivity contribution in [2.24, 2.45) is 5.41 Å². The highest BCUT2D eigenvalue weighted by Crippen LogP contribution is 2.21. The number of rotatable bonds is 2. The Morgan fingerprint density at radius 3 is 2.55 bits per heavy atom. The number of pyridine rings is 1. The van der Waals surface area contributed by atoms with Gasteiger partial charge in [-0.25, -0.2) is 9.18 Å². The van der Waals surface area contributed by atoms with E-state index in [0.717, 1.165) is 6.07 Å². The minimum absolute atomic E-state index is 0.0918. The van der Waals surface area contributed by atoms with Gasteiger partial charge in [0.1, 0.15) is 11.4 Å². The van der Waals surface area contributed by atoms with Gasteiger partial charge in [-0.15, -0.1) is 0 Å². The van der Waals surface area contributed by atoms with Gasteiger partial charge in [0, 0.05) is 18.1 Å². The first-order valence-electron chi connectivity index (χ1n) is 6.25. The van der Waals surface area contributed by atoms with Crippen molar-refractivity contribution in [3.63, 3.8) is 0 Å². The van der Waals surface area contributed by atoms with Gasteiger partial charge in [0.25, 0.3) is 0 Å². The maximum atomic E-state index is 13.3. The number of aromatic nitrogens is 1. The van der Waals surface area contributed by atoms with E-state index in [1.807, 2.05) is 20.8 Å². The molecule has 0 saturated heterocycles. The lowest BCUT2D eigenvalue weighted by Gasteiger charge is -2.22.